The smallest absolute Gasteiger partial charge is 0.339 e. The van der Waals surface area contributed by atoms with Crippen molar-refractivity contribution in [3.63, 3.8) is 0 Å². The molecule has 37 heavy (non-hydrogen) atoms. The van der Waals surface area contributed by atoms with Crippen molar-refractivity contribution >= 4 is 46.7 Å². The molecule has 0 aromatic heterocycles. The maximum Gasteiger partial charge on any atom is 0.339 e. The molecule has 1 heterocycles. The van der Waals surface area contributed by atoms with Gasteiger partial charge in [-0.3, -0.25) is 24.0 Å². The van der Waals surface area contributed by atoms with Crippen LogP contribution in [0.1, 0.15) is 38.8 Å². The summed E-state index contributed by atoms with van der Waals surface area (Å²) >= 11 is 0. The Morgan fingerprint density at radius 2 is 1.43 bits per heavy atom. The van der Waals surface area contributed by atoms with E-state index in [1.807, 2.05) is 0 Å². The lowest BCUT2D eigenvalue weighted by molar-refractivity contribution is -0.140. The Morgan fingerprint density at radius 1 is 0.784 bits per heavy atom. The van der Waals surface area contributed by atoms with Crippen LogP contribution in [0.2, 0.25) is 0 Å². The summed E-state index contributed by atoms with van der Waals surface area (Å²) in [6, 6.07) is 16.0. The summed E-state index contributed by atoms with van der Waals surface area (Å²) in [5.74, 6) is -3.71. The van der Waals surface area contributed by atoms with Crippen molar-refractivity contribution in [2.45, 2.75) is 6.92 Å². The molecular weight excluding hydrogens is 478 g/mol. The molecular formula is C27H19N3O7. The Hall–Kier alpha value is -5.12. The van der Waals surface area contributed by atoms with Gasteiger partial charge in [0.05, 0.1) is 23.5 Å². The first kappa shape index (κ1) is 23.6. The number of imide groups is 2. The summed E-state index contributed by atoms with van der Waals surface area (Å²) in [5, 5.41) is 2.51. The third-order valence-corrected chi connectivity index (χ3v) is 5.99. The number of carbonyl (C=O) groups is 6. The van der Waals surface area contributed by atoms with Gasteiger partial charge in [0.15, 0.2) is 11.6 Å². The van der Waals surface area contributed by atoms with E-state index in [1.54, 1.807) is 43.3 Å². The number of ketones is 2. The van der Waals surface area contributed by atoms with Crippen molar-refractivity contribution in [3.05, 3.63) is 89.0 Å². The molecule has 3 aromatic carbocycles. The van der Waals surface area contributed by atoms with Gasteiger partial charge in [-0.05, 0) is 25.1 Å². The second kappa shape index (κ2) is 9.15. The van der Waals surface area contributed by atoms with E-state index in [9.17, 15) is 28.8 Å². The molecule has 5 amide bonds. The molecule has 0 saturated carbocycles. The Labute approximate surface area is 210 Å². The number of urea groups is 1. The number of nitrogens with one attached hydrogen (secondary N) is 1. The fourth-order valence-corrected chi connectivity index (χ4v) is 4.36. The minimum absolute atomic E-state index is 0.0157. The maximum absolute atomic E-state index is 13.1. The number of hydrogen-bond donors (Lipinski definition) is 1. The maximum atomic E-state index is 13.1. The topological polar surface area (TPSA) is 130 Å². The first-order valence-electron chi connectivity index (χ1n) is 11.4. The molecule has 0 radical (unpaired) electrons. The first-order chi connectivity index (χ1) is 17.8. The number of para-hydroxylation sites is 2. The molecule has 10 nitrogen and oxygen atoms in total. The van der Waals surface area contributed by atoms with Crippen molar-refractivity contribution in [1.29, 1.82) is 0 Å². The van der Waals surface area contributed by atoms with Gasteiger partial charge in [-0.2, -0.15) is 0 Å². The van der Waals surface area contributed by atoms with Gasteiger partial charge in [0.1, 0.15) is 12.3 Å². The summed E-state index contributed by atoms with van der Waals surface area (Å²) in [6.45, 7) is 1.21. The van der Waals surface area contributed by atoms with Crippen LogP contribution >= 0.6 is 0 Å². The zero-order valence-corrected chi connectivity index (χ0v) is 19.5. The Kier molecular flexibility index (Phi) is 5.84. The largest absolute Gasteiger partial charge is 0.492 e. The number of nitrogens with zero attached hydrogens (tertiary/aromatic N) is 2. The van der Waals surface area contributed by atoms with Gasteiger partial charge in [0, 0.05) is 16.7 Å². The van der Waals surface area contributed by atoms with Gasteiger partial charge in [-0.1, -0.05) is 48.5 Å². The van der Waals surface area contributed by atoms with E-state index in [0.717, 1.165) is 0 Å². The third-order valence-electron chi connectivity index (χ3n) is 5.99. The highest BCUT2D eigenvalue weighted by atomic mass is 16.5. The van der Waals surface area contributed by atoms with Crippen LogP contribution in [0.3, 0.4) is 0 Å². The normalized spacial score (nSPS) is 14.6. The van der Waals surface area contributed by atoms with Crippen LogP contribution in [0, 0.1) is 0 Å². The molecule has 1 fully saturated rings. The second-order valence-corrected chi connectivity index (χ2v) is 8.20. The number of rotatable bonds is 6. The number of ether oxygens (including phenoxy) is 1. The van der Waals surface area contributed by atoms with Crippen LogP contribution in [-0.4, -0.2) is 53.4 Å². The molecule has 3 aromatic rings. The van der Waals surface area contributed by atoms with Gasteiger partial charge in [-0.25, -0.2) is 14.6 Å². The van der Waals surface area contributed by atoms with Crippen LogP contribution < -0.4 is 15.0 Å². The molecule has 0 unspecified atom stereocenters. The molecule has 5 rings (SSSR count). The minimum atomic E-state index is -1.18. The standard InChI is InChI=1S/C27H19N3O7/c1-2-37-20-13-6-5-12-19(20)30-26(35)25(34)29(27(30)36)14-21(31)28-18-11-7-10-17-22(18)24(33)16-9-4-3-8-15(16)23(17)32/h3-13H,2,14H2,1H3,(H,28,31). The summed E-state index contributed by atoms with van der Waals surface area (Å²) in [7, 11) is 0. The summed E-state index contributed by atoms with van der Waals surface area (Å²) in [5.41, 5.74) is 0.754. The SMILES string of the molecule is CCOc1ccccc1N1C(=O)C(=O)N(CC(=O)Nc2cccc3c2C(=O)c2ccccc2C3=O)C1=O. The average Bonchev–Trinajstić information content (AvgIpc) is 3.10. The molecule has 1 aliphatic heterocycles. The predicted molar refractivity (Wildman–Crippen MR) is 131 cm³/mol. The van der Waals surface area contributed by atoms with Crippen LogP contribution in [-0.2, 0) is 14.4 Å². The molecule has 1 saturated heterocycles. The zero-order valence-electron chi connectivity index (χ0n) is 19.5. The monoisotopic (exact) mass is 497 g/mol. The zero-order chi connectivity index (χ0) is 26.3. The molecule has 10 heteroatoms. The van der Waals surface area contributed by atoms with Crippen molar-refractivity contribution in [2.24, 2.45) is 0 Å². The van der Waals surface area contributed by atoms with Crippen LogP contribution in [0.5, 0.6) is 5.75 Å². The number of amides is 5. The highest BCUT2D eigenvalue weighted by Gasteiger charge is 2.47. The summed E-state index contributed by atoms with van der Waals surface area (Å²) in [4.78, 5) is 78.4. The lowest BCUT2D eigenvalue weighted by atomic mass is 9.83. The first-order valence-corrected chi connectivity index (χ1v) is 11.4. The third kappa shape index (κ3) is 3.84. The molecule has 1 N–H and O–H groups in total. The summed E-state index contributed by atoms with van der Waals surface area (Å²) < 4.78 is 5.46. The van der Waals surface area contributed by atoms with Gasteiger partial charge in [-0.15, -0.1) is 0 Å². The fraction of sp³-hybridized carbons (Fsp3) is 0.111. The number of benzene rings is 3. The van der Waals surface area contributed by atoms with E-state index in [2.05, 4.69) is 5.32 Å². The molecule has 1 aliphatic carbocycles. The van der Waals surface area contributed by atoms with Crippen molar-refractivity contribution < 1.29 is 33.5 Å². The Balaban J connectivity index is 1.39. The highest BCUT2D eigenvalue weighted by Crippen LogP contribution is 2.33. The van der Waals surface area contributed by atoms with Gasteiger partial charge in [0.25, 0.3) is 0 Å². The molecule has 0 spiro atoms. The van der Waals surface area contributed by atoms with E-state index in [1.165, 1.54) is 30.3 Å². The van der Waals surface area contributed by atoms with Crippen LogP contribution in [0.4, 0.5) is 16.2 Å². The van der Waals surface area contributed by atoms with Crippen LogP contribution in [0.15, 0.2) is 66.7 Å². The summed E-state index contributed by atoms with van der Waals surface area (Å²) in [6.07, 6.45) is 0. The molecule has 0 atom stereocenters. The van der Waals surface area contributed by atoms with Gasteiger partial charge >= 0.3 is 17.8 Å². The number of fused-ring (bicyclic) bond motifs is 2. The second-order valence-electron chi connectivity index (χ2n) is 8.20. The quantitative estimate of drug-likeness (QED) is 0.320. The van der Waals surface area contributed by atoms with Crippen LogP contribution in [0.25, 0.3) is 0 Å². The number of carbonyl (C=O) groups excluding carboxylic acids is 6. The predicted octanol–water partition coefficient (Wildman–Crippen LogP) is 2.79. The van der Waals surface area contributed by atoms with Crippen molar-refractivity contribution in [1.82, 2.24) is 4.90 Å². The van der Waals surface area contributed by atoms with Gasteiger partial charge < -0.3 is 10.1 Å². The molecule has 2 aliphatic rings. The average molecular weight is 497 g/mol. The van der Waals surface area contributed by atoms with E-state index in [4.69, 9.17) is 4.74 Å². The number of anilines is 2. The highest BCUT2D eigenvalue weighted by molar-refractivity contribution is 6.53. The van der Waals surface area contributed by atoms with E-state index >= 15 is 0 Å². The van der Waals surface area contributed by atoms with Gasteiger partial charge in [0.2, 0.25) is 5.91 Å². The van der Waals surface area contributed by atoms with Crippen molar-refractivity contribution in [2.75, 3.05) is 23.4 Å². The Bertz CT molecular complexity index is 1530. The number of hydrogen-bond acceptors (Lipinski definition) is 7. The lowest BCUT2D eigenvalue weighted by Gasteiger charge is -2.21. The minimum Gasteiger partial charge on any atom is -0.492 e. The van der Waals surface area contributed by atoms with E-state index in [0.29, 0.717) is 9.80 Å². The molecule has 0 bridgehead atoms. The molecule has 184 valence electrons. The van der Waals surface area contributed by atoms with E-state index < -0.39 is 36.1 Å². The Morgan fingerprint density at radius 3 is 2.16 bits per heavy atom. The van der Waals surface area contributed by atoms with E-state index in [-0.39, 0.29) is 51.8 Å². The fourth-order valence-electron chi connectivity index (χ4n) is 4.36. The lowest BCUT2D eigenvalue weighted by Crippen LogP contribution is -2.39. The van der Waals surface area contributed by atoms with Crippen molar-refractivity contribution in [3.8, 4) is 5.75 Å².